The number of aromatic nitrogens is 4. The van der Waals surface area contributed by atoms with Gasteiger partial charge < -0.3 is 10.2 Å². The molecule has 0 unspecified atom stereocenters. The lowest BCUT2D eigenvalue weighted by molar-refractivity contribution is 0.966. The third-order valence-electron chi connectivity index (χ3n) is 5.11. The number of nitrogens with zero attached hydrogens (tertiary/aromatic N) is 4. The zero-order valence-electron chi connectivity index (χ0n) is 16.0. The molecule has 6 nitrogen and oxygen atoms in total. The predicted molar refractivity (Wildman–Crippen MR) is 113 cm³/mol. The highest BCUT2D eigenvalue weighted by Gasteiger charge is 2.25. The zero-order valence-corrected chi connectivity index (χ0v) is 16.0. The second-order valence-corrected chi connectivity index (χ2v) is 7.46. The van der Waals surface area contributed by atoms with Crippen LogP contribution in [-0.2, 0) is 0 Å². The molecule has 1 aliphatic rings. The number of rotatable bonds is 5. The van der Waals surface area contributed by atoms with Crippen LogP contribution in [0.3, 0.4) is 0 Å². The summed E-state index contributed by atoms with van der Waals surface area (Å²) in [4.78, 5) is 11.7. The summed E-state index contributed by atoms with van der Waals surface area (Å²) in [5, 5.41) is 11.9. The summed E-state index contributed by atoms with van der Waals surface area (Å²) in [5.74, 6) is 2.89. The van der Waals surface area contributed by atoms with Crippen LogP contribution >= 0.6 is 0 Å². The Morgan fingerprint density at radius 2 is 1.79 bits per heavy atom. The van der Waals surface area contributed by atoms with Gasteiger partial charge in [0.15, 0.2) is 11.6 Å². The summed E-state index contributed by atoms with van der Waals surface area (Å²) >= 11 is 0. The molecule has 2 heterocycles. The first-order valence-electron chi connectivity index (χ1n) is 9.54. The monoisotopic (exact) mass is 370 g/mol. The fraction of sp³-hybridized carbons (Fsp3) is 0.227. The molecule has 0 aliphatic heterocycles. The average Bonchev–Trinajstić information content (AvgIpc) is 3.47. The Hall–Kier alpha value is -3.41. The molecule has 1 fully saturated rings. The molecular weight excluding hydrogens is 348 g/mol. The van der Waals surface area contributed by atoms with Gasteiger partial charge in [-0.2, -0.15) is 5.10 Å². The molecule has 2 aromatic heterocycles. The van der Waals surface area contributed by atoms with Crippen molar-refractivity contribution in [2.75, 3.05) is 24.3 Å². The van der Waals surface area contributed by atoms with Crippen molar-refractivity contribution in [1.29, 1.82) is 0 Å². The summed E-state index contributed by atoms with van der Waals surface area (Å²) in [6.07, 6.45) is 2.48. The van der Waals surface area contributed by atoms with Crippen molar-refractivity contribution >= 4 is 28.2 Å². The summed E-state index contributed by atoms with van der Waals surface area (Å²) in [6, 6.07) is 18.4. The van der Waals surface area contributed by atoms with Crippen molar-refractivity contribution < 1.29 is 0 Å². The Kier molecular flexibility index (Phi) is 3.97. The van der Waals surface area contributed by atoms with E-state index < -0.39 is 0 Å². The third kappa shape index (κ3) is 3.17. The number of para-hydroxylation sites is 1. The van der Waals surface area contributed by atoms with Gasteiger partial charge in [-0.3, -0.25) is 5.10 Å². The molecule has 0 bridgehead atoms. The van der Waals surface area contributed by atoms with E-state index in [-0.39, 0.29) is 0 Å². The first-order chi connectivity index (χ1) is 13.7. The second-order valence-electron chi connectivity index (χ2n) is 7.46. The first kappa shape index (κ1) is 16.7. The van der Waals surface area contributed by atoms with Crippen molar-refractivity contribution in [3.05, 3.63) is 60.3 Å². The molecule has 2 aromatic carbocycles. The number of fused-ring (bicyclic) bond motifs is 1. The molecule has 0 radical (unpaired) electrons. The van der Waals surface area contributed by atoms with Gasteiger partial charge >= 0.3 is 0 Å². The number of anilines is 3. The van der Waals surface area contributed by atoms with Crippen molar-refractivity contribution in [1.82, 2.24) is 20.2 Å². The lowest BCUT2D eigenvalue weighted by atomic mass is 10.1. The molecule has 140 valence electrons. The van der Waals surface area contributed by atoms with Gasteiger partial charge in [-0.15, -0.1) is 0 Å². The summed E-state index contributed by atoms with van der Waals surface area (Å²) in [5.41, 5.74) is 4.23. The maximum absolute atomic E-state index is 4.82. The smallest absolute Gasteiger partial charge is 0.162 e. The lowest BCUT2D eigenvalue weighted by Gasteiger charge is -2.13. The van der Waals surface area contributed by atoms with Crippen molar-refractivity contribution in [3.8, 4) is 11.4 Å². The molecule has 2 N–H and O–H groups in total. The van der Waals surface area contributed by atoms with E-state index in [1.165, 1.54) is 18.5 Å². The minimum Gasteiger partial charge on any atom is -0.378 e. The molecule has 1 saturated carbocycles. The Bertz CT molecular complexity index is 1130. The summed E-state index contributed by atoms with van der Waals surface area (Å²) < 4.78 is 0. The van der Waals surface area contributed by atoms with E-state index in [1.807, 2.05) is 38.4 Å². The SMILES string of the molecule is CN(C)c1ccc(-c2nc(Nc3cc(C4CC4)[nH]n3)c3ccccc3n2)cc1. The van der Waals surface area contributed by atoms with E-state index in [1.54, 1.807) is 0 Å². The van der Waals surface area contributed by atoms with Gasteiger partial charge in [0.05, 0.1) is 5.52 Å². The van der Waals surface area contributed by atoms with Gasteiger partial charge in [-0.25, -0.2) is 9.97 Å². The van der Waals surface area contributed by atoms with Crippen molar-refractivity contribution in [2.24, 2.45) is 0 Å². The molecule has 0 amide bonds. The summed E-state index contributed by atoms with van der Waals surface area (Å²) in [6.45, 7) is 0. The first-order valence-corrected chi connectivity index (χ1v) is 9.54. The number of aromatic amines is 1. The maximum atomic E-state index is 4.82. The van der Waals surface area contributed by atoms with Crippen LogP contribution in [0.1, 0.15) is 24.5 Å². The van der Waals surface area contributed by atoms with Crippen molar-refractivity contribution in [3.63, 3.8) is 0 Å². The van der Waals surface area contributed by atoms with E-state index in [2.05, 4.69) is 50.7 Å². The van der Waals surface area contributed by atoms with E-state index in [9.17, 15) is 0 Å². The van der Waals surface area contributed by atoms with Gasteiger partial charge in [0.1, 0.15) is 5.82 Å². The highest BCUT2D eigenvalue weighted by molar-refractivity contribution is 5.92. The van der Waals surface area contributed by atoms with Gasteiger partial charge in [0.2, 0.25) is 0 Å². The minimum absolute atomic E-state index is 0.635. The molecule has 4 aromatic rings. The predicted octanol–water partition coefficient (Wildman–Crippen LogP) is 4.71. The topological polar surface area (TPSA) is 69.7 Å². The van der Waals surface area contributed by atoms with Crippen LogP contribution in [0.25, 0.3) is 22.3 Å². The third-order valence-corrected chi connectivity index (χ3v) is 5.11. The molecule has 0 spiro atoms. The quantitative estimate of drug-likeness (QED) is 0.532. The van der Waals surface area contributed by atoms with Crippen LogP contribution in [-0.4, -0.2) is 34.3 Å². The average molecular weight is 370 g/mol. The normalized spacial score (nSPS) is 13.6. The second kappa shape index (κ2) is 6.64. The standard InChI is InChI=1S/C22H22N6/c1-28(2)16-11-9-15(10-12-16)21-23-18-6-4-3-5-17(18)22(25-21)24-20-13-19(26-27-20)14-7-8-14/h3-6,9-14H,7-8H2,1-2H3,(H2,23,24,25,26,27). The number of hydrogen-bond donors (Lipinski definition) is 2. The van der Waals surface area contributed by atoms with Crippen LogP contribution in [0.5, 0.6) is 0 Å². The van der Waals surface area contributed by atoms with Crippen molar-refractivity contribution in [2.45, 2.75) is 18.8 Å². The molecule has 0 atom stereocenters. The van der Waals surface area contributed by atoms with Crippen LogP contribution in [0, 0.1) is 0 Å². The van der Waals surface area contributed by atoms with Gasteiger partial charge in [-0.1, -0.05) is 12.1 Å². The van der Waals surface area contributed by atoms with Crippen LogP contribution < -0.4 is 10.2 Å². The van der Waals surface area contributed by atoms with Gasteiger partial charge in [0, 0.05) is 48.4 Å². The fourth-order valence-electron chi connectivity index (χ4n) is 3.34. The number of hydrogen-bond acceptors (Lipinski definition) is 5. The van der Waals surface area contributed by atoms with E-state index in [0.29, 0.717) is 11.7 Å². The van der Waals surface area contributed by atoms with E-state index >= 15 is 0 Å². The number of benzene rings is 2. The molecule has 0 saturated heterocycles. The highest BCUT2D eigenvalue weighted by Crippen LogP contribution is 2.40. The Balaban J connectivity index is 1.55. The van der Waals surface area contributed by atoms with E-state index in [4.69, 9.17) is 9.97 Å². The maximum Gasteiger partial charge on any atom is 0.162 e. The highest BCUT2D eigenvalue weighted by atomic mass is 15.2. The largest absolute Gasteiger partial charge is 0.378 e. The number of nitrogens with one attached hydrogen (secondary N) is 2. The Morgan fingerprint density at radius 1 is 1.00 bits per heavy atom. The van der Waals surface area contributed by atoms with Crippen LogP contribution in [0.4, 0.5) is 17.3 Å². The molecule has 28 heavy (non-hydrogen) atoms. The van der Waals surface area contributed by atoms with Crippen LogP contribution in [0.15, 0.2) is 54.6 Å². The molecule has 1 aliphatic carbocycles. The fourth-order valence-corrected chi connectivity index (χ4v) is 3.34. The van der Waals surface area contributed by atoms with Gasteiger partial charge in [-0.05, 0) is 49.2 Å². The minimum atomic E-state index is 0.635. The Morgan fingerprint density at radius 3 is 2.54 bits per heavy atom. The lowest BCUT2D eigenvalue weighted by Crippen LogP contribution is -2.08. The van der Waals surface area contributed by atoms with E-state index in [0.717, 1.165) is 33.8 Å². The number of H-pyrrole nitrogens is 1. The zero-order chi connectivity index (χ0) is 19.1. The molecule has 5 rings (SSSR count). The molecule has 6 heteroatoms. The summed E-state index contributed by atoms with van der Waals surface area (Å²) in [7, 11) is 4.06. The van der Waals surface area contributed by atoms with Crippen LogP contribution in [0.2, 0.25) is 0 Å². The molecular formula is C22H22N6. The van der Waals surface area contributed by atoms with Gasteiger partial charge in [0.25, 0.3) is 0 Å². The Labute approximate surface area is 163 Å².